The molecule has 0 saturated carbocycles. The van der Waals surface area contributed by atoms with Crippen LogP contribution in [0.2, 0.25) is 0 Å². The van der Waals surface area contributed by atoms with E-state index < -0.39 is 0 Å². The quantitative estimate of drug-likeness (QED) is 0.728. The van der Waals surface area contributed by atoms with Crippen molar-refractivity contribution in [2.45, 2.75) is 6.10 Å². The molecule has 1 fully saturated rings. The summed E-state index contributed by atoms with van der Waals surface area (Å²) in [7, 11) is 3.59. The number of carbonyl (C=O) groups excluding carboxylic acids is 1. The second-order valence-corrected chi connectivity index (χ2v) is 6.45. The van der Waals surface area contributed by atoms with E-state index in [1.165, 1.54) is 0 Å². The van der Waals surface area contributed by atoms with Crippen molar-refractivity contribution in [3.05, 3.63) is 59.9 Å². The molecule has 134 valence electrons. The lowest BCUT2D eigenvalue weighted by Crippen LogP contribution is -2.42. The molecule has 1 aromatic heterocycles. The standard InChI is InChI=1S/C20H21N3O3/c1-22-13-21-17-11-15(6-7-18(17)22)20(24)23-8-9-26-19(12-23)14-4-3-5-16(10-14)25-2/h3-7,10-11,13,19H,8-9,12H2,1-2H3. The van der Waals surface area contributed by atoms with Crippen molar-refractivity contribution in [1.29, 1.82) is 0 Å². The van der Waals surface area contributed by atoms with E-state index in [9.17, 15) is 4.79 Å². The molecule has 1 amide bonds. The summed E-state index contributed by atoms with van der Waals surface area (Å²) in [5.74, 6) is 0.795. The number of carbonyl (C=O) groups is 1. The van der Waals surface area contributed by atoms with Crippen LogP contribution in [0.4, 0.5) is 0 Å². The number of ether oxygens (including phenoxy) is 2. The fourth-order valence-electron chi connectivity index (χ4n) is 3.33. The molecule has 0 radical (unpaired) electrons. The van der Waals surface area contributed by atoms with Gasteiger partial charge in [-0.05, 0) is 35.9 Å². The Hall–Kier alpha value is -2.86. The first-order chi connectivity index (χ1) is 12.7. The van der Waals surface area contributed by atoms with E-state index in [-0.39, 0.29) is 12.0 Å². The van der Waals surface area contributed by atoms with Gasteiger partial charge in [0.2, 0.25) is 0 Å². The first-order valence-corrected chi connectivity index (χ1v) is 8.61. The Bertz CT molecular complexity index is 950. The SMILES string of the molecule is COc1cccc(C2CN(C(=O)c3ccc4c(c3)ncn4C)CCO2)c1. The number of hydrogen-bond donors (Lipinski definition) is 0. The number of fused-ring (bicyclic) bond motifs is 1. The van der Waals surface area contributed by atoms with Gasteiger partial charge in [0, 0.05) is 19.2 Å². The van der Waals surface area contributed by atoms with Crippen molar-refractivity contribution in [1.82, 2.24) is 14.5 Å². The Balaban J connectivity index is 1.55. The minimum Gasteiger partial charge on any atom is -0.497 e. The van der Waals surface area contributed by atoms with Crippen molar-refractivity contribution in [3.8, 4) is 5.75 Å². The molecule has 2 aromatic carbocycles. The van der Waals surface area contributed by atoms with Crippen molar-refractivity contribution in [3.63, 3.8) is 0 Å². The maximum Gasteiger partial charge on any atom is 0.254 e. The summed E-state index contributed by atoms with van der Waals surface area (Å²) in [4.78, 5) is 19.1. The molecular formula is C20H21N3O3. The van der Waals surface area contributed by atoms with Crippen LogP contribution in [0.5, 0.6) is 5.75 Å². The zero-order valence-corrected chi connectivity index (χ0v) is 14.9. The number of morpholine rings is 1. The minimum atomic E-state index is -0.151. The number of hydrogen-bond acceptors (Lipinski definition) is 4. The van der Waals surface area contributed by atoms with Gasteiger partial charge in [-0.3, -0.25) is 4.79 Å². The fraction of sp³-hybridized carbons (Fsp3) is 0.300. The highest BCUT2D eigenvalue weighted by molar-refractivity contribution is 5.97. The van der Waals surface area contributed by atoms with E-state index in [4.69, 9.17) is 9.47 Å². The molecule has 0 aliphatic carbocycles. The average Bonchev–Trinajstić information content (AvgIpc) is 3.08. The molecule has 1 aliphatic heterocycles. The van der Waals surface area contributed by atoms with Gasteiger partial charge in [0.05, 0.1) is 37.6 Å². The molecule has 3 aromatic rings. The van der Waals surface area contributed by atoms with Crippen LogP contribution < -0.4 is 4.74 Å². The van der Waals surface area contributed by atoms with E-state index in [1.807, 2.05) is 59.0 Å². The zero-order valence-electron chi connectivity index (χ0n) is 14.9. The number of amides is 1. The minimum absolute atomic E-state index is 0.00810. The molecule has 1 atom stereocenters. The van der Waals surface area contributed by atoms with Crippen LogP contribution in [-0.2, 0) is 11.8 Å². The zero-order chi connectivity index (χ0) is 18.1. The number of imidazole rings is 1. The molecule has 0 bridgehead atoms. The first-order valence-electron chi connectivity index (χ1n) is 8.61. The van der Waals surface area contributed by atoms with Crippen LogP contribution in [0, 0.1) is 0 Å². The van der Waals surface area contributed by atoms with Crippen molar-refractivity contribution in [2.24, 2.45) is 7.05 Å². The highest BCUT2D eigenvalue weighted by atomic mass is 16.5. The van der Waals surface area contributed by atoms with Crippen molar-refractivity contribution < 1.29 is 14.3 Å². The average molecular weight is 351 g/mol. The first kappa shape index (κ1) is 16.6. The van der Waals surface area contributed by atoms with Gasteiger partial charge in [-0.15, -0.1) is 0 Å². The number of aromatic nitrogens is 2. The lowest BCUT2D eigenvalue weighted by atomic mass is 10.1. The van der Waals surface area contributed by atoms with Crippen LogP contribution in [0.3, 0.4) is 0 Å². The lowest BCUT2D eigenvalue weighted by molar-refractivity contribution is -0.0228. The largest absolute Gasteiger partial charge is 0.497 e. The van der Waals surface area contributed by atoms with Crippen molar-refractivity contribution >= 4 is 16.9 Å². The highest BCUT2D eigenvalue weighted by Gasteiger charge is 2.26. The molecule has 1 aliphatic rings. The Labute approximate surface area is 152 Å². The Morgan fingerprint density at radius 3 is 3.00 bits per heavy atom. The smallest absolute Gasteiger partial charge is 0.254 e. The van der Waals surface area contributed by atoms with E-state index in [0.29, 0.717) is 25.3 Å². The number of aryl methyl sites for hydroxylation is 1. The third kappa shape index (κ3) is 3.04. The Kier molecular flexibility index (Phi) is 4.34. The van der Waals surface area contributed by atoms with E-state index >= 15 is 0 Å². The van der Waals surface area contributed by atoms with Gasteiger partial charge < -0.3 is 18.9 Å². The second kappa shape index (κ2) is 6.80. The molecule has 6 nitrogen and oxygen atoms in total. The van der Waals surface area contributed by atoms with Crippen LogP contribution >= 0.6 is 0 Å². The van der Waals surface area contributed by atoms with E-state index in [2.05, 4.69) is 4.98 Å². The number of rotatable bonds is 3. The Morgan fingerprint density at radius 1 is 1.27 bits per heavy atom. The molecule has 0 N–H and O–H groups in total. The van der Waals surface area contributed by atoms with Gasteiger partial charge in [0.15, 0.2) is 0 Å². The summed E-state index contributed by atoms with van der Waals surface area (Å²) in [6, 6.07) is 13.5. The molecule has 6 heteroatoms. The summed E-state index contributed by atoms with van der Waals surface area (Å²) in [5, 5.41) is 0. The maximum absolute atomic E-state index is 13.0. The maximum atomic E-state index is 13.0. The monoisotopic (exact) mass is 351 g/mol. The third-order valence-corrected chi connectivity index (χ3v) is 4.79. The summed E-state index contributed by atoms with van der Waals surface area (Å²) < 4.78 is 13.1. The van der Waals surface area contributed by atoms with E-state index in [0.717, 1.165) is 22.3 Å². The molecular weight excluding hydrogens is 330 g/mol. The highest BCUT2D eigenvalue weighted by Crippen LogP contribution is 2.26. The predicted octanol–water partition coefficient (Wildman–Crippen LogP) is 2.80. The van der Waals surface area contributed by atoms with Crippen LogP contribution in [0.1, 0.15) is 22.0 Å². The number of methoxy groups -OCH3 is 1. The molecule has 26 heavy (non-hydrogen) atoms. The fourth-order valence-corrected chi connectivity index (χ4v) is 3.33. The van der Waals surface area contributed by atoms with Gasteiger partial charge in [-0.1, -0.05) is 12.1 Å². The molecule has 4 rings (SSSR count). The normalized spacial score (nSPS) is 17.5. The summed E-state index contributed by atoms with van der Waals surface area (Å²) in [6.07, 6.45) is 1.60. The van der Waals surface area contributed by atoms with Crippen LogP contribution in [0.15, 0.2) is 48.8 Å². The third-order valence-electron chi connectivity index (χ3n) is 4.79. The summed E-state index contributed by atoms with van der Waals surface area (Å²) in [5.41, 5.74) is 3.51. The Morgan fingerprint density at radius 2 is 2.15 bits per heavy atom. The van der Waals surface area contributed by atoms with Gasteiger partial charge in [0.25, 0.3) is 5.91 Å². The number of nitrogens with zero attached hydrogens (tertiary/aromatic N) is 3. The molecule has 1 saturated heterocycles. The topological polar surface area (TPSA) is 56.6 Å². The molecule has 0 spiro atoms. The summed E-state index contributed by atoms with van der Waals surface area (Å²) in [6.45, 7) is 1.62. The van der Waals surface area contributed by atoms with Crippen molar-refractivity contribution in [2.75, 3.05) is 26.8 Å². The molecule has 2 heterocycles. The van der Waals surface area contributed by atoms with E-state index in [1.54, 1.807) is 13.4 Å². The van der Waals surface area contributed by atoms with Crippen LogP contribution in [-0.4, -0.2) is 47.2 Å². The second-order valence-electron chi connectivity index (χ2n) is 6.45. The predicted molar refractivity (Wildman–Crippen MR) is 98.3 cm³/mol. The van der Waals surface area contributed by atoms with Gasteiger partial charge in [0.1, 0.15) is 11.9 Å². The molecule has 1 unspecified atom stereocenters. The van der Waals surface area contributed by atoms with Crippen LogP contribution in [0.25, 0.3) is 11.0 Å². The summed E-state index contributed by atoms with van der Waals surface area (Å²) >= 11 is 0. The number of benzene rings is 2. The van der Waals surface area contributed by atoms with Gasteiger partial charge in [-0.25, -0.2) is 4.98 Å². The lowest BCUT2D eigenvalue weighted by Gasteiger charge is -2.33. The van der Waals surface area contributed by atoms with Gasteiger partial charge >= 0.3 is 0 Å². The van der Waals surface area contributed by atoms with Gasteiger partial charge in [-0.2, -0.15) is 0 Å².